The third kappa shape index (κ3) is 4.98. The molecule has 3 aromatic heterocycles. The highest BCUT2D eigenvalue weighted by atomic mass is 16.5. The van der Waals surface area contributed by atoms with Crippen LogP contribution < -0.4 is 10.5 Å². The summed E-state index contributed by atoms with van der Waals surface area (Å²) >= 11 is 0. The number of imidazole rings is 1. The summed E-state index contributed by atoms with van der Waals surface area (Å²) in [6, 6.07) is 15.2. The maximum atomic E-state index is 6.46. The fourth-order valence-corrected chi connectivity index (χ4v) is 6.89. The Bertz CT molecular complexity index is 1690. The van der Waals surface area contributed by atoms with Gasteiger partial charge in [-0.3, -0.25) is 4.90 Å². The lowest BCUT2D eigenvalue weighted by atomic mass is 9.90. The number of fused-ring (bicyclic) bond motifs is 2. The second-order valence-corrected chi connectivity index (χ2v) is 11.6. The van der Waals surface area contributed by atoms with Crippen LogP contribution in [-0.2, 0) is 6.42 Å². The molecule has 2 aliphatic rings. The number of aromatic nitrogens is 6. The maximum Gasteiger partial charge on any atom is 0.164 e. The minimum Gasteiger partial charge on any atom is -0.496 e. The first-order valence-corrected chi connectivity index (χ1v) is 15.2. The van der Waals surface area contributed by atoms with Gasteiger partial charge in [-0.25, -0.2) is 19.6 Å². The Balaban J connectivity index is 1.15. The number of nitrogens with zero attached hydrogens (tertiary/aromatic N) is 7. The number of ether oxygens (including phenoxy) is 1. The summed E-state index contributed by atoms with van der Waals surface area (Å²) in [4.78, 5) is 22.6. The zero-order chi connectivity index (χ0) is 28.6. The van der Waals surface area contributed by atoms with Gasteiger partial charge < -0.3 is 20.4 Å². The summed E-state index contributed by atoms with van der Waals surface area (Å²) in [5.74, 6) is 2.21. The molecule has 2 aromatic carbocycles. The maximum absolute atomic E-state index is 6.46. The van der Waals surface area contributed by atoms with E-state index in [1.165, 1.54) is 39.0 Å². The molecule has 218 valence electrons. The Hall–Kier alpha value is -4.02. The average molecular weight is 566 g/mol. The Kier molecular flexibility index (Phi) is 7.25. The van der Waals surface area contributed by atoms with Crippen molar-refractivity contribution < 1.29 is 4.74 Å². The van der Waals surface area contributed by atoms with Gasteiger partial charge in [0.25, 0.3) is 0 Å². The van der Waals surface area contributed by atoms with Crippen LogP contribution in [-0.4, -0.2) is 85.4 Å². The summed E-state index contributed by atoms with van der Waals surface area (Å²) in [7, 11) is 1.70. The molecule has 10 nitrogen and oxygen atoms in total. The lowest BCUT2D eigenvalue weighted by Crippen LogP contribution is -2.51. The second-order valence-electron chi connectivity index (χ2n) is 11.6. The number of likely N-dealkylation sites (N-methyl/N-ethyl adjacent to an activating group) is 1. The molecular formula is C32H39N9O. The number of piperazine rings is 1. The number of hydrogen-bond donors (Lipinski definition) is 2. The zero-order valence-electron chi connectivity index (χ0n) is 24.5. The van der Waals surface area contributed by atoms with Crippen LogP contribution in [0, 0.1) is 0 Å². The van der Waals surface area contributed by atoms with Gasteiger partial charge in [-0.1, -0.05) is 31.2 Å². The Morgan fingerprint density at radius 2 is 1.76 bits per heavy atom. The van der Waals surface area contributed by atoms with Gasteiger partial charge in [0.15, 0.2) is 5.65 Å². The number of methoxy groups -OCH3 is 1. The topological polar surface area (TPSA) is 114 Å². The van der Waals surface area contributed by atoms with Gasteiger partial charge in [-0.15, -0.1) is 0 Å². The van der Waals surface area contributed by atoms with Gasteiger partial charge in [0.05, 0.1) is 29.6 Å². The summed E-state index contributed by atoms with van der Waals surface area (Å²) in [6.07, 6.45) is 6.76. The van der Waals surface area contributed by atoms with Crippen molar-refractivity contribution in [3.05, 3.63) is 60.2 Å². The van der Waals surface area contributed by atoms with E-state index in [1.807, 2.05) is 24.3 Å². The van der Waals surface area contributed by atoms with Crippen molar-refractivity contribution in [2.24, 2.45) is 0 Å². The fourth-order valence-electron chi connectivity index (χ4n) is 6.89. The fraction of sp³-hybridized carbons (Fsp3) is 0.438. The van der Waals surface area contributed by atoms with Crippen LogP contribution in [0.25, 0.3) is 33.3 Å². The molecule has 0 atom stereocenters. The normalized spacial score (nSPS) is 20.4. The van der Waals surface area contributed by atoms with E-state index in [2.05, 4.69) is 54.6 Å². The van der Waals surface area contributed by atoms with E-state index >= 15 is 0 Å². The number of aromatic amines is 1. The highest BCUT2D eigenvalue weighted by Gasteiger charge is 2.31. The number of rotatable bonds is 7. The summed E-state index contributed by atoms with van der Waals surface area (Å²) in [5.41, 5.74) is 12.0. The van der Waals surface area contributed by atoms with Crippen LogP contribution in [0.1, 0.15) is 50.0 Å². The van der Waals surface area contributed by atoms with E-state index in [0.717, 1.165) is 69.8 Å². The molecule has 0 spiro atoms. The number of H-pyrrole nitrogens is 1. The van der Waals surface area contributed by atoms with Crippen molar-refractivity contribution in [3.8, 4) is 17.0 Å². The van der Waals surface area contributed by atoms with E-state index in [4.69, 9.17) is 20.6 Å². The van der Waals surface area contributed by atoms with Crippen LogP contribution in [0.3, 0.4) is 0 Å². The van der Waals surface area contributed by atoms with Gasteiger partial charge in [-0.05, 0) is 50.4 Å². The molecule has 1 aliphatic heterocycles. The highest BCUT2D eigenvalue weighted by Crippen LogP contribution is 2.37. The van der Waals surface area contributed by atoms with E-state index < -0.39 is 0 Å². The molecule has 1 saturated heterocycles. The van der Waals surface area contributed by atoms with Gasteiger partial charge >= 0.3 is 0 Å². The summed E-state index contributed by atoms with van der Waals surface area (Å²) in [6.45, 7) is 8.13. The van der Waals surface area contributed by atoms with Crippen molar-refractivity contribution in [2.45, 2.75) is 51.1 Å². The molecule has 1 saturated carbocycles. The largest absolute Gasteiger partial charge is 0.496 e. The van der Waals surface area contributed by atoms with Crippen LogP contribution in [0.15, 0.2) is 48.8 Å². The number of hydrogen-bond acceptors (Lipinski definition) is 8. The van der Waals surface area contributed by atoms with Gasteiger partial charge in [0, 0.05) is 49.8 Å². The van der Waals surface area contributed by atoms with Crippen LogP contribution in [0.5, 0.6) is 5.75 Å². The molecule has 2 fully saturated rings. The van der Waals surface area contributed by atoms with Crippen LogP contribution in [0.4, 0.5) is 5.82 Å². The predicted molar refractivity (Wildman–Crippen MR) is 166 cm³/mol. The second kappa shape index (κ2) is 11.3. The molecule has 0 radical (unpaired) electrons. The molecule has 3 N–H and O–H groups in total. The lowest BCUT2D eigenvalue weighted by molar-refractivity contribution is 0.0732. The molecule has 4 heterocycles. The van der Waals surface area contributed by atoms with Crippen molar-refractivity contribution >= 4 is 27.9 Å². The molecule has 42 heavy (non-hydrogen) atoms. The average Bonchev–Trinajstić information content (AvgIpc) is 3.63. The molecule has 1 aliphatic carbocycles. The first kappa shape index (κ1) is 26.9. The van der Waals surface area contributed by atoms with Crippen molar-refractivity contribution in [3.63, 3.8) is 0 Å². The van der Waals surface area contributed by atoms with Gasteiger partial charge in [-0.2, -0.15) is 5.10 Å². The number of nitrogens with one attached hydrogen (secondary N) is 1. The minimum absolute atomic E-state index is 0.298. The van der Waals surface area contributed by atoms with E-state index in [9.17, 15) is 0 Å². The molecule has 0 amide bonds. The zero-order valence-corrected chi connectivity index (χ0v) is 24.5. The quantitative estimate of drug-likeness (QED) is 0.293. The van der Waals surface area contributed by atoms with Crippen LogP contribution in [0.2, 0.25) is 0 Å². The number of nitrogen functional groups attached to an aromatic ring is 1. The first-order valence-electron chi connectivity index (χ1n) is 15.2. The predicted octanol–water partition coefficient (Wildman–Crippen LogP) is 4.67. The highest BCUT2D eigenvalue weighted by molar-refractivity contribution is 5.99. The standard InChI is InChI=1S/C32H39N9O/c1-3-39-14-16-40(17-15-39)23-9-11-24(12-10-23)41-32-29(31(33)34-20-35-32)30(38-41)22-8-13-25-26(18-22)37-28(36-25)19-21-6-4-5-7-27(21)42-2/h4-8,13,18,20,23-24H,3,9-12,14-17,19H2,1-2H3,(H,36,37)(H2,33,34,35). The van der Waals surface area contributed by atoms with Crippen molar-refractivity contribution in [1.29, 1.82) is 0 Å². The Morgan fingerprint density at radius 3 is 2.55 bits per heavy atom. The molecule has 5 aromatic rings. The molecule has 7 rings (SSSR count). The molecule has 0 unspecified atom stereocenters. The first-order chi connectivity index (χ1) is 20.6. The van der Waals surface area contributed by atoms with Crippen molar-refractivity contribution in [1.82, 2.24) is 39.5 Å². The van der Waals surface area contributed by atoms with E-state index in [1.54, 1.807) is 13.4 Å². The monoisotopic (exact) mass is 565 g/mol. The Morgan fingerprint density at radius 1 is 0.976 bits per heavy atom. The van der Waals surface area contributed by atoms with E-state index in [-0.39, 0.29) is 0 Å². The van der Waals surface area contributed by atoms with Crippen LogP contribution >= 0.6 is 0 Å². The van der Waals surface area contributed by atoms with Gasteiger partial charge in [0.2, 0.25) is 0 Å². The lowest BCUT2D eigenvalue weighted by Gasteiger charge is -2.41. The van der Waals surface area contributed by atoms with E-state index in [0.29, 0.717) is 24.3 Å². The van der Waals surface area contributed by atoms with Gasteiger partial charge in [0.1, 0.15) is 29.4 Å². The van der Waals surface area contributed by atoms with Crippen molar-refractivity contribution in [2.75, 3.05) is 45.6 Å². The number of benzene rings is 2. The summed E-state index contributed by atoms with van der Waals surface area (Å²) < 4.78 is 7.66. The molecular weight excluding hydrogens is 526 g/mol. The number of para-hydroxylation sites is 1. The smallest absolute Gasteiger partial charge is 0.164 e. The molecule has 0 bridgehead atoms. The minimum atomic E-state index is 0.298. The number of nitrogens with two attached hydrogens (primary N) is 1. The third-order valence-corrected chi connectivity index (χ3v) is 9.26. The number of anilines is 1. The third-order valence-electron chi connectivity index (χ3n) is 9.26. The molecule has 10 heteroatoms. The summed E-state index contributed by atoms with van der Waals surface area (Å²) in [5, 5.41) is 5.99. The Labute approximate surface area is 245 Å². The SMILES string of the molecule is CCN1CCN(C2CCC(n3nc(-c4ccc5nc(Cc6ccccc6OC)[nH]c5c4)c4c(N)ncnc43)CC2)CC1.